The highest BCUT2D eigenvalue weighted by atomic mass is 32.1. The number of anilines is 3. The van der Waals surface area contributed by atoms with Gasteiger partial charge in [0.2, 0.25) is 5.91 Å². The van der Waals surface area contributed by atoms with Gasteiger partial charge in [0.1, 0.15) is 4.88 Å². The summed E-state index contributed by atoms with van der Waals surface area (Å²) in [6.45, 7) is 5.87. The first-order chi connectivity index (χ1) is 12.5. The average molecular weight is 371 g/mol. The molecule has 1 fully saturated rings. The Morgan fingerprint density at radius 3 is 2.85 bits per heavy atom. The van der Waals surface area contributed by atoms with E-state index in [1.807, 2.05) is 13.0 Å². The Labute approximate surface area is 156 Å². The van der Waals surface area contributed by atoms with Gasteiger partial charge in [-0.2, -0.15) is 0 Å². The summed E-state index contributed by atoms with van der Waals surface area (Å²) in [7, 11) is 2.09. The molecule has 7 nitrogen and oxygen atoms in total. The van der Waals surface area contributed by atoms with Crippen molar-refractivity contribution in [1.82, 2.24) is 14.8 Å². The molecular weight excluding hydrogens is 350 g/mol. The van der Waals surface area contributed by atoms with Crippen molar-refractivity contribution in [3.63, 3.8) is 0 Å². The second-order valence-corrected chi connectivity index (χ2v) is 7.97. The smallest absolute Gasteiger partial charge is 0.268 e. The average Bonchev–Trinajstić information content (AvgIpc) is 2.95. The number of hydrogen-bond donors (Lipinski definition) is 1. The van der Waals surface area contributed by atoms with E-state index < -0.39 is 0 Å². The van der Waals surface area contributed by atoms with Gasteiger partial charge in [-0.05, 0) is 32.2 Å². The highest BCUT2D eigenvalue weighted by molar-refractivity contribution is 7.14. The molecule has 1 saturated heterocycles. The minimum Gasteiger partial charge on any atom is -0.318 e. The predicted molar refractivity (Wildman–Crippen MR) is 102 cm³/mol. The van der Waals surface area contributed by atoms with Gasteiger partial charge in [0.25, 0.3) is 5.91 Å². The summed E-state index contributed by atoms with van der Waals surface area (Å²) in [6.07, 6.45) is 1.64. The minimum atomic E-state index is -0.192. The van der Waals surface area contributed by atoms with Crippen molar-refractivity contribution in [1.29, 1.82) is 0 Å². The SMILES string of the molecule is Cc1cc2c(s1)C(=O)Nc1cccnc1N2C(=O)CN1CCN(C)CC1. The van der Waals surface area contributed by atoms with Crippen molar-refractivity contribution < 1.29 is 9.59 Å². The molecule has 1 N–H and O–H groups in total. The number of thiophene rings is 1. The molecule has 2 aliphatic heterocycles. The standard InChI is InChI=1S/C18H21N5O2S/c1-12-10-14-16(26-12)18(25)20-13-4-3-5-19-17(13)23(14)15(24)11-22-8-6-21(2)7-9-22/h3-5,10H,6-9,11H2,1-2H3,(H,20,25). The molecule has 2 amide bonds. The number of nitrogens with one attached hydrogen (secondary N) is 1. The Kier molecular flexibility index (Phi) is 4.47. The molecule has 136 valence electrons. The summed E-state index contributed by atoms with van der Waals surface area (Å²) in [5, 5.41) is 2.88. The Morgan fingerprint density at radius 2 is 2.08 bits per heavy atom. The summed E-state index contributed by atoms with van der Waals surface area (Å²) in [6, 6.07) is 5.43. The molecule has 0 saturated carbocycles. The third kappa shape index (κ3) is 3.11. The van der Waals surface area contributed by atoms with Crippen LogP contribution >= 0.6 is 11.3 Å². The molecule has 8 heteroatoms. The summed E-state index contributed by atoms with van der Waals surface area (Å²) in [4.78, 5) is 37.8. The van der Waals surface area contributed by atoms with E-state index in [1.165, 1.54) is 11.3 Å². The zero-order valence-electron chi connectivity index (χ0n) is 14.9. The lowest BCUT2D eigenvalue weighted by atomic mass is 10.2. The number of aryl methyl sites for hydroxylation is 1. The molecular formula is C18H21N5O2S. The van der Waals surface area contributed by atoms with E-state index >= 15 is 0 Å². The monoisotopic (exact) mass is 371 g/mol. The summed E-state index contributed by atoms with van der Waals surface area (Å²) < 4.78 is 0. The molecule has 0 bridgehead atoms. The number of amides is 2. The van der Waals surface area contributed by atoms with E-state index in [2.05, 4.69) is 27.1 Å². The summed E-state index contributed by atoms with van der Waals surface area (Å²) in [5.41, 5.74) is 1.19. The fourth-order valence-electron chi connectivity index (χ4n) is 3.32. The Bertz CT molecular complexity index is 857. The number of likely N-dealkylation sites (N-methyl/N-ethyl adjacent to an activating group) is 1. The number of pyridine rings is 1. The van der Waals surface area contributed by atoms with E-state index in [0.29, 0.717) is 28.6 Å². The number of piperazine rings is 1. The maximum atomic E-state index is 13.2. The van der Waals surface area contributed by atoms with Gasteiger partial charge < -0.3 is 10.2 Å². The number of aromatic nitrogens is 1. The van der Waals surface area contributed by atoms with E-state index in [1.54, 1.807) is 23.2 Å². The number of hydrogen-bond acceptors (Lipinski definition) is 6. The summed E-state index contributed by atoms with van der Waals surface area (Å²) in [5.74, 6) is 0.226. The van der Waals surface area contributed by atoms with Crippen LogP contribution < -0.4 is 10.2 Å². The lowest BCUT2D eigenvalue weighted by molar-refractivity contribution is -0.119. The lowest BCUT2D eigenvalue weighted by Gasteiger charge is -2.33. The van der Waals surface area contributed by atoms with Gasteiger partial charge in [-0.1, -0.05) is 0 Å². The Morgan fingerprint density at radius 1 is 1.31 bits per heavy atom. The molecule has 4 rings (SSSR count). The lowest BCUT2D eigenvalue weighted by Crippen LogP contribution is -2.48. The highest BCUT2D eigenvalue weighted by Crippen LogP contribution is 2.40. The molecule has 0 aliphatic carbocycles. The second-order valence-electron chi connectivity index (χ2n) is 6.71. The van der Waals surface area contributed by atoms with E-state index in [-0.39, 0.29) is 11.8 Å². The van der Waals surface area contributed by atoms with Crippen molar-refractivity contribution in [3.8, 4) is 0 Å². The molecule has 0 spiro atoms. The quantitative estimate of drug-likeness (QED) is 0.874. The van der Waals surface area contributed by atoms with Gasteiger partial charge in [-0.3, -0.25) is 19.4 Å². The summed E-state index contributed by atoms with van der Waals surface area (Å²) >= 11 is 1.40. The van der Waals surface area contributed by atoms with E-state index in [4.69, 9.17) is 0 Å². The van der Waals surface area contributed by atoms with Crippen molar-refractivity contribution in [2.24, 2.45) is 0 Å². The number of nitrogens with zero attached hydrogens (tertiary/aromatic N) is 4. The van der Waals surface area contributed by atoms with Gasteiger partial charge in [0.15, 0.2) is 5.82 Å². The topological polar surface area (TPSA) is 68.8 Å². The van der Waals surface area contributed by atoms with E-state index in [0.717, 1.165) is 31.1 Å². The number of carbonyl (C=O) groups is 2. The van der Waals surface area contributed by atoms with Gasteiger partial charge in [-0.25, -0.2) is 4.98 Å². The fraction of sp³-hybridized carbons (Fsp3) is 0.389. The molecule has 2 aromatic heterocycles. The molecule has 0 atom stereocenters. The van der Waals surface area contributed by atoms with Crippen LogP contribution in [-0.2, 0) is 4.79 Å². The van der Waals surface area contributed by atoms with Crippen LogP contribution in [0.15, 0.2) is 24.4 Å². The minimum absolute atomic E-state index is 0.0648. The molecule has 2 aliphatic rings. The van der Waals surface area contributed by atoms with Crippen molar-refractivity contribution >= 4 is 40.3 Å². The molecule has 4 heterocycles. The van der Waals surface area contributed by atoms with Gasteiger partial charge >= 0.3 is 0 Å². The first-order valence-electron chi connectivity index (χ1n) is 8.63. The molecule has 2 aromatic rings. The van der Waals surface area contributed by atoms with Gasteiger partial charge in [-0.15, -0.1) is 11.3 Å². The van der Waals surface area contributed by atoms with Gasteiger partial charge in [0, 0.05) is 37.3 Å². The number of carbonyl (C=O) groups excluding carboxylic acids is 2. The fourth-order valence-corrected chi connectivity index (χ4v) is 4.21. The molecule has 0 unspecified atom stereocenters. The Hall–Kier alpha value is -2.29. The second kappa shape index (κ2) is 6.79. The van der Waals surface area contributed by atoms with Crippen molar-refractivity contribution in [3.05, 3.63) is 34.2 Å². The third-order valence-corrected chi connectivity index (χ3v) is 5.77. The predicted octanol–water partition coefficient (Wildman–Crippen LogP) is 1.93. The van der Waals surface area contributed by atoms with Crippen LogP contribution in [0.4, 0.5) is 17.2 Å². The zero-order valence-corrected chi connectivity index (χ0v) is 15.7. The molecule has 0 aromatic carbocycles. The maximum absolute atomic E-state index is 13.2. The first-order valence-corrected chi connectivity index (χ1v) is 9.45. The van der Waals surface area contributed by atoms with Crippen LogP contribution in [0.1, 0.15) is 14.5 Å². The van der Waals surface area contributed by atoms with Crippen LogP contribution in [0.2, 0.25) is 0 Å². The van der Waals surface area contributed by atoms with Crippen molar-refractivity contribution in [2.75, 3.05) is 50.0 Å². The van der Waals surface area contributed by atoms with Gasteiger partial charge in [0.05, 0.1) is 17.9 Å². The molecule has 26 heavy (non-hydrogen) atoms. The maximum Gasteiger partial charge on any atom is 0.268 e. The number of fused-ring (bicyclic) bond motifs is 2. The van der Waals surface area contributed by atoms with E-state index in [9.17, 15) is 9.59 Å². The molecule has 0 radical (unpaired) electrons. The zero-order chi connectivity index (χ0) is 18.3. The van der Waals surface area contributed by atoms with Crippen LogP contribution in [0.25, 0.3) is 0 Å². The first kappa shape index (κ1) is 17.1. The third-order valence-electron chi connectivity index (χ3n) is 4.73. The largest absolute Gasteiger partial charge is 0.318 e. The van der Waals surface area contributed by atoms with Crippen LogP contribution in [-0.4, -0.2) is 66.4 Å². The number of rotatable bonds is 2. The highest BCUT2D eigenvalue weighted by Gasteiger charge is 2.33. The van der Waals surface area contributed by atoms with Crippen LogP contribution in [0, 0.1) is 6.92 Å². The van der Waals surface area contributed by atoms with Crippen LogP contribution in [0.3, 0.4) is 0 Å². The van der Waals surface area contributed by atoms with Crippen LogP contribution in [0.5, 0.6) is 0 Å². The van der Waals surface area contributed by atoms with Crippen molar-refractivity contribution in [2.45, 2.75) is 6.92 Å². The Balaban J connectivity index is 1.70. The normalized spacial score (nSPS) is 18.1.